The molecule has 0 bridgehead atoms. The first kappa shape index (κ1) is 21.5. The number of nitrogens with zero attached hydrogens (tertiary/aromatic N) is 4. The number of carbonyl (C=O) groups excluding carboxylic acids is 2. The zero-order valence-corrected chi connectivity index (χ0v) is 20.0. The molecule has 1 aliphatic rings. The van der Waals surface area contributed by atoms with E-state index >= 15 is 0 Å². The second kappa shape index (κ2) is 7.88. The maximum absolute atomic E-state index is 14.3. The van der Waals surface area contributed by atoms with E-state index in [1.807, 2.05) is 45.0 Å². The van der Waals surface area contributed by atoms with Crippen LogP contribution in [-0.2, 0) is 0 Å². The van der Waals surface area contributed by atoms with E-state index < -0.39 is 0 Å². The number of hydrogen-bond acceptors (Lipinski definition) is 7. The molecule has 1 aromatic carbocycles. The van der Waals surface area contributed by atoms with Crippen LogP contribution in [0, 0.1) is 27.7 Å². The fourth-order valence-electron chi connectivity index (χ4n) is 4.06. The maximum Gasteiger partial charge on any atom is 0.265 e. The minimum Gasteiger partial charge on any atom is -0.336 e. The van der Waals surface area contributed by atoms with Crippen molar-refractivity contribution in [1.29, 1.82) is 0 Å². The Labute approximate surface area is 195 Å². The molecule has 0 radical (unpaired) electrons. The summed E-state index contributed by atoms with van der Waals surface area (Å²) in [6.07, 6.45) is 2.10. The predicted octanol–water partition coefficient (Wildman–Crippen LogP) is 5.97. The summed E-state index contributed by atoms with van der Waals surface area (Å²) in [5.41, 5.74) is 5.63. The van der Waals surface area contributed by atoms with Crippen molar-refractivity contribution in [3.8, 4) is 0 Å². The molecule has 33 heavy (non-hydrogen) atoms. The standard InChI is InChI=1S/C25H24N4O3S/c1-12-6-7-13(2)20(10-12)29(25-26-15(4)22(33-25)16(5)30)24(31)18-11-19(17-8-9-17)27-23-21(18)14(3)28-32-23/h6-7,10-11,17H,8-9H2,1-5H3. The number of hydrogen-bond donors (Lipinski definition) is 0. The molecule has 0 spiro atoms. The Morgan fingerprint density at radius 1 is 1.06 bits per heavy atom. The highest BCUT2D eigenvalue weighted by Crippen LogP contribution is 2.42. The molecule has 3 heterocycles. The van der Waals surface area contributed by atoms with E-state index in [1.54, 1.807) is 11.8 Å². The second-order valence-corrected chi connectivity index (χ2v) is 9.69. The quantitative estimate of drug-likeness (QED) is 0.341. The number of aryl methyl sites for hydroxylation is 4. The Kier molecular flexibility index (Phi) is 5.12. The summed E-state index contributed by atoms with van der Waals surface area (Å²) in [5.74, 6) is 0.0295. The minimum atomic E-state index is -0.242. The van der Waals surface area contributed by atoms with Crippen molar-refractivity contribution >= 4 is 44.9 Å². The van der Waals surface area contributed by atoms with Crippen molar-refractivity contribution in [3.63, 3.8) is 0 Å². The molecule has 7 nitrogen and oxygen atoms in total. The highest BCUT2D eigenvalue weighted by Gasteiger charge is 2.32. The molecule has 1 aliphatic carbocycles. The average Bonchev–Trinajstić information content (AvgIpc) is 3.46. The number of rotatable bonds is 5. The number of anilines is 2. The van der Waals surface area contributed by atoms with Gasteiger partial charge in [0.1, 0.15) is 0 Å². The van der Waals surface area contributed by atoms with E-state index in [9.17, 15) is 9.59 Å². The molecule has 0 aliphatic heterocycles. The molecule has 0 unspecified atom stereocenters. The number of aromatic nitrogens is 3. The van der Waals surface area contributed by atoms with Gasteiger partial charge < -0.3 is 4.52 Å². The number of fused-ring (bicyclic) bond motifs is 1. The van der Waals surface area contributed by atoms with Gasteiger partial charge in [-0.1, -0.05) is 28.6 Å². The summed E-state index contributed by atoms with van der Waals surface area (Å²) >= 11 is 1.23. The van der Waals surface area contributed by atoms with Gasteiger partial charge in [0.15, 0.2) is 10.9 Å². The van der Waals surface area contributed by atoms with E-state index in [1.165, 1.54) is 18.3 Å². The molecular formula is C25H24N4O3S. The van der Waals surface area contributed by atoms with E-state index in [-0.39, 0.29) is 11.7 Å². The molecule has 0 saturated heterocycles. The monoisotopic (exact) mass is 460 g/mol. The summed E-state index contributed by atoms with van der Waals surface area (Å²) in [6, 6.07) is 7.84. The van der Waals surface area contributed by atoms with Gasteiger partial charge in [-0.3, -0.25) is 14.5 Å². The average molecular weight is 461 g/mol. The van der Waals surface area contributed by atoms with Crippen LogP contribution in [-0.4, -0.2) is 26.8 Å². The summed E-state index contributed by atoms with van der Waals surface area (Å²) in [6.45, 7) is 9.07. The number of pyridine rings is 1. The first-order valence-corrected chi connectivity index (χ1v) is 11.7. The predicted molar refractivity (Wildman–Crippen MR) is 128 cm³/mol. The minimum absolute atomic E-state index is 0.0678. The van der Waals surface area contributed by atoms with E-state index in [0.717, 1.165) is 35.3 Å². The van der Waals surface area contributed by atoms with Gasteiger partial charge in [-0.15, -0.1) is 0 Å². The lowest BCUT2D eigenvalue weighted by molar-refractivity contribution is 0.0997. The van der Waals surface area contributed by atoms with Crippen molar-refractivity contribution in [3.05, 3.63) is 62.9 Å². The van der Waals surface area contributed by atoms with Crippen LogP contribution in [0.1, 0.15) is 73.9 Å². The Morgan fingerprint density at radius 2 is 1.82 bits per heavy atom. The van der Waals surface area contributed by atoms with Gasteiger partial charge in [0.2, 0.25) is 0 Å². The van der Waals surface area contributed by atoms with Gasteiger partial charge >= 0.3 is 0 Å². The van der Waals surface area contributed by atoms with Gasteiger partial charge in [-0.05, 0) is 63.8 Å². The van der Waals surface area contributed by atoms with Gasteiger partial charge in [0.05, 0.1) is 32.9 Å². The smallest absolute Gasteiger partial charge is 0.265 e. The number of amides is 1. The number of benzene rings is 1. The number of thiazole rings is 1. The SMILES string of the molecule is CC(=O)c1sc(N(C(=O)c2cc(C3CC3)nc3onc(C)c23)c2cc(C)ccc2C)nc1C. The van der Waals surface area contributed by atoms with Crippen LogP contribution in [0.4, 0.5) is 10.8 Å². The maximum atomic E-state index is 14.3. The van der Waals surface area contributed by atoms with Crippen molar-refractivity contribution in [1.82, 2.24) is 15.1 Å². The van der Waals surface area contributed by atoms with Crippen molar-refractivity contribution in [2.75, 3.05) is 4.90 Å². The normalized spacial score (nSPS) is 13.5. The van der Waals surface area contributed by atoms with E-state index in [2.05, 4.69) is 15.1 Å². The molecule has 3 aromatic heterocycles. The highest BCUT2D eigenvalue weighted by atomic mass is 32.1. The molecule has 5 rings (SSSR count). The van der Waals surface area contributed by atoms with Crippen LogP contribution >= 0.6 is 11.3 Å². The molecule has 0 atom stereocenters. The molecular weight excluding hydrogens is 436 g/mol. The first-order chi connectivity index (χ1) is 15.7. The van der Waals surface area contributed by atoms with Crippen LogP contribution < -0.4 is 4.90 Å². The van der Waals surface area contributed by atoms with Gasteiger partial charge in [0.25, 0.3) is 11.6 Å². The fraction of sp³-hybridized carbons (Fsp3) is 0.320. The summed E-state index contributed by atoms with van der Waals surface area (Å²) in [7, 11) is 0. The van der Waals surface area contributed by atoms with Crippen LogP contribution in [0.3, 0.4) is 0 Å². The highest BCUT2D eigenvalue weighted by molar-refractivity contribution is 7.18. The topological polar surface area (TPSA) is 89.2 Å². The van der Waals surface area contributed by atoms with Gasteiger partial charge in [-0.2, -0.15) is 0 Å². The van der Waals surface area contributed by atoms with Crippen molar-refractivity contribution in [2.24, 2.45) is 0 Å². The molecule has 1 amide bonds. The Morgan fingerprint density at radius 3 is 2.48 bits per heavy atom. The van der Waals surface area contributed by atoms with Crippen molar-refractivity contribution < 1.29 is 14.1 Å². The van der Waals surface area contributed by atoms with Crippen LogP contribution in [0.2, 0.25) is 0 Å². The second-order valence-electron chi connectivity index (χ2n) is 8.71. The lowest BCUT2D eigenvalue weighted by Gasteiger charge is -2.23. The van der Waals surface area contributed by atoms with Crippen molar-refractivity contribution in [2.45, 2.75) is 53.4 Å². The third kappa shape index (κ3) is 3.74. The Balaban J connectivity index is 1.75. The summed E-state index contributed by atoms with van der Waals surface area (Å²) in [5, 5.41) is 5.14. The molecule has 1 saturated carbocycles. The number of carbonyl (C=O) groups is 2. The molecule has 4 aromatic rings. The zero-order chi connectivity index (χ0) is 23.4. The lowest BCUT2D eigenvalue weighted by atomic mass is 10.0. The summed E-state index contributed by atoms with van der Waals surface area (Å²) in [4.78, 5) is 37.8. The molecule has 168 valence electrons. The number of Topliss-reactive ketones (excluding diaryl/α,β-unsaturated/α-hetero) is 1. The first-order valence-electron chi connectivity index (χ1n) is 10.9. The Hall–Kier alpha value is -3.39. The fourth-order valence-corrected chi connectivity index (χ4v) is 5.03. The third-order valence-corrected chi connectivity index (χ3v) is 7.21. The third-order valence-electron chi connectivity index (χ3n) is 5.97. The largest absolute Gasteiger partial charge is 0.336 e. The van der Waals surface area contributed by atoms with E-state index in [0.29, 0.717) is 44.0 Å². The number of ketones is 1. The van der Waals surface area contributed by atoms with Gasteiger partial charge in [0, 0.05) is 18.5 Å². The van der Waals surface area contributed by atoms with Crippen LogP contribution in [0.5, 0.6) is 0 Å². The van der Waals surface area contributed by atoms with E-state index in [4.69, 9.17) is 4.52 Å². The zero-order valence-electron chi connectivity index (χ0n) is 19.2. The van der Waals surface area contributed by atoms with Crippen LogP contribution in [0.25, 0.3) is 11.1 Å². The van der Waals surface area contributed by atoms with Crippen LogP contribution in [0.15, 0.2) is 28.8 Å². The Bertz CT molecular complexity index is 1430. The molecule has 1 fully saturated rings. The summed E-state index contributed by atoms with van der Waals surface area (Å²) < 4.78 is 5.46. The molecule has 8 heteroatoms. The lowest BCUT2D eigenvalue weighted by Crippen LogP contribution is -2.27. The molecule has 0 N–H and O–H groups in total. The van der Waals surface area contributed by atoms with Gasteiger partial charge in [-0.25, -0.2) is 9.97 Å².